The van der Waals surface area contributed by atoms with Crippen LogP contribution in [-0.4, -0.2) is 31.0 Å². The predicted octanol–water partition coefficient (Wildman–Crippen LogP) is 3.06. The monoisotopic (exact) mass is 278 g/mol. The summed E-state index contributed by atoms with van der Waals surface area (Å²) in [4.78, 5) is 4.39. The number of fused-ring (bicyclic) bond motifs is 1. The van der Waals surface area contributed by atoms with Gasteiger partial charge in [0.05, 0.1) is 28.9 Å². The van der Waals surface area contributed by atoms with Crippen LogP contribution in [0.15, 0.2) is 30.5 Å². The van der Waals surface area contributed by atoms with Crippen LogP contribution in [0.5, 0.6) is 0 Å². The average Bonchev–Trinajstić information content (AvgIpc) is 2.48. The minimum atomic E-state index is 0.184. The van der Waals surface area contributed by atoms with Crippen LogP contribution in [0.1, 0.15) is 6.42 Å². The number of rotatable bonds is 3. The maximum atomic E-state index is 6.17. The average molecular weight is 279 g/mol. The number of hydrogen-bond acceptors (Lipinski definition) is 4. The summed E-state index contributed by atoms with van der Waals surface area (Å²) in [5.41, 5.74) is 1.87. The third-order valence-corrected chi connectivity index (χ3v) is 3.54. The fourth-order valence-corrected chi connectivity index (χ4v) is 2.38. The molecule has 2 heterocycles. The summed E-state index contributed by atoms with van der Waals surface area (Å²) in [5.74, 6) is 0. The quantitative estimate of drug-likeness (QED) is 0.937. The molecule has 0 radical (unpaired) electrons. The number of anilines is 1. The van der Waals surface area contributed by atoms with Crippen molar-refractivity contribution in [3.8, 4) is 0 Å². The molecule has 1 fully saturated rings. The molecule has 0 aliphatic carbocycles. The van der Waals surface area contributed by atoms with E-state index in [9.17, 15) is 0 Å². The number of nitrogens with zero attached hydrogens (tertiary/aromatic N) is 1. The standard InChI is InChI=1S/C14H15ClN2O2/c15-12-3-4-13(14-11(12)2-1-6-16-14)17-8-10-5-7-18-9-19-10/h1-4,6,10,17H,5,7-9H2. The lowest BCUT2D eigenvalue weighted by molar-refractivity contribution is -0.133. The highest BCUT2D eigenvalue weighted by atomic mass is 35.5. The number of nitrogens with one attached hydrogen (secondary N) is 1. The summed E-state index contributed by atoms with van der Waals surface area (Å²) in [6.45, 7) is 1.88. The third-order valence-electron chi connectivity index (χ3n) is 3.21. The topological polar surface area (TPSA) is 43.4 Å². The van der Waals surface area contributed by atoms with Crippen LogP contribution >= 0.6 is 11.6 Å². The van der Waals surface area contributed by atoms with Crippen molar-refractivity contribution < 1.29 is 9.47 Å². The Morgan fingerprint density at radius 1 is 1.37 bits per heavy atom. The van der Waals surface area contributed by atoms with Crippen LogP contribution in [0, 0.1) is 0 Å². The second-order valence-corrected chi connectivity index (χ2v) is 4.89. The highest BCUT2D eigenvalue weighted by molar-refractivity contribution is 6.35. The van der Waals surface area contributed by atoms with Gasteiger partial charge in [-0.25, -0.2) is 0 Å². The molecular weight excluding hydrogens is 264 g/mol. The SMILES string of the molecule is Clc1ccc(NCC2CCOCO2)c2ncccc12. The number of pyridine rings is 1. The molecule has 1 unspecified atom stereocenters. The zero-order chi connectivity index (χ0) is 13.1. The molecule has 5 heteroatoms. The van der Waals surface area contributed by atoms with E-state index in [1.54, 1.807) is 6.20 Å². The van der Waals surface area contributed by atoms with Gasteiger partial charge in [-0.1, -0.05) is 11.6 Å². The lowest BCUT2D eigenvalue weighted by Crippen LogP contribution is -2.30. The van der Waals surface area contributed by atoms with Gasteiger partial charge in [-0.2, -0.15) is 0 Å². The number of aromatic nitrogens is 1. The molecule has 100 valence electrons. The van der Waals surface area contributed by atoms with E-state index in [0.29, 0.717) is 6.79 Å². The number of hydrogen-bond donors (Lipinski definition) is 1. The molecule has 0 amide bonds. The Morgan fingerprint density at radius 3 is 3.16 bits per heavy atom. The molecule has 1 N–H and O–H groups in total. The van der Waals surface area contributed by atoms with Crippen molar-refractivity contribution in [2.75, 3.05) is 25.3 Å². The maximum Gasteiger partial charge on any atom is 0.147 e. The van der Waals surface area contributed by atoms with Crippen LogP contribution in [0.3, 0.4) is 0 Å². The Labute approximate surface area is 116 Å². The van der Waals surface area contributed by atoms with E-state index in [1.165, 1.54) is 0 Å². The van der Waals surface area contributed by atoms with Gasteiger partial charge in [0.15, 0.2) is 0 Å². The Morgan fingerprint density at radius 2 is 2.32 bits per heavy atom. The summed E-state index contributed by atoms with van der Waals surface area (Å²) < 4.78 is 10.7. The summed E-state index contributed by atoms with van der Waals surface area (Å²) >= 11 is 6.17. The number of benzene rings is 1. The fourth-order valence-electron chi connectivity index (χ4n) is 2.17. The molecule has 2 aromatic rings. The highest BCUT2D eigenvalue weighted by Crippen LogP contribution is 2.28. The van der Waals surface area contributed by atoms with Crippen LogP contribution < -0.4 is 5.32 Å². The van der Waals surface area contributed by atoms with Gasteiger partial charge >= 0.3 is 0 Å². The van der Waals surface area contributed by atoms with Crippen LogP contribution in [0.2, 0.25) is 5.02 Å². The predicted molar refractivity (Wildman–Crippen MR) is 75.6 cm³/mol. The Hall–Kier alpha value is -1.36. The summed E-state index contributed by atoms with van der Waals surface area (Å²) in [6, 6.07) is 7.70. The van der Waals surface area contributed by atoms with Crippen molar-refractivity contribution in [2.24, 2.45) is 0 Å². The van der Waals surface area contributed by atoms with Gasteiger partial charge in [0.2, 0.25) is 0 Å². The Bertz CT molecular complexity index is 570. The van der Waals surface area contributed by atoms with Gasteiger partial charge in [0, 0.05) is 18.1 Å². The van der Waals surface area contributed by atoms with Crippen molar-refractivity contribution >= 4 is 28.2 Å². The molecule has 0 spiro atoms. The second kappa shape index (κ2) is 5.74. The van der Waals surface area contributed by atoms with Crippen LogP contribution in [0.4, 0.5) is 5.69 Å². The smallest absolute Gasteiger partial charge is 0.147 e. The fraction of sp³-hybridized carbons (Fsp3) is 0.357. The third kappa shape index (κ3) is 2.81. The van der Waals surface area contributed by atoms with E-state index < -0.39 is 0 Å². The van der Waals surface area contributed by atoms with Gasteiger partial charge in [-0.05, 0) is 30.7 Å². The number of ether oxygens (including phenoxy) is 2. The van der Waals surface area contributed by atoms with Crippen molar-refractivity contribution in [3.05, 3.63) is 35.5 Å². The van der Waals surface area contributed by atoms with Crippen molar-refractivity contribution in [2.45, 2.75) is 12.5 Å². The molecule has 0 bridgehead atoms. The molecule has 3 rings (SSSR count). The van der Waals surface area contributed by atoms with Gasteiger partial charge in [-0.15, -0.1) is 0 Å². The number of halogens is 1. The molecule has 1 saturated heterocycles. The van der Waals surface area contributed by atoms with E-state index in [0.717, 1.165) is 41.2 Å². The van der Waals surface area contributed by atoms with E-state index in [1.807, 2.05) is 24.3 Å². The van der Waals surface area contributed by atoms with E-state index in [2.05, 4.69) is 10.3 Å². The van der Waals surface area contributed by atoms with Crippen LogP contribution in [-0.2, 0) is 9.47 Å². The lowest BCUT2D eigenvalue weighted by Gasteiger charge is -2.23. The Balaban J connectivity index is 1.79. The zero-order valence-electron chi connectivity index (χ0n) is 10.4. The van der Waals surface area contributed by atoms with Gasteiger partial charge in [0.1, 0.15) is 6.79 Å². The van der Waals surface area contributed by atoms with E-state index in [-0.39, 0.29) is 6.10 Å². The lowest BCUT2D eigenvalue weighted by atomic mass is 10.1. The molecular formula is C14H15ClN2O2. The minimum Gasteiger partial charge on any atom is -0.381 e. The molecule has 1 aromatic carbocycles. The molecule has 1 aliphatic heterocycles. The first kappa shape index (κ1) is 12.7. The molecule has 19 heavy (non-hydrogen) atoms. The van der Waals surface area contributed by atoms with Gasteiger partial charge in [0.25, 0.3) is 0 Å². The summed E-state index contributed by atoms with van der Waals surface area (Å²) in [7, 11) is 0. The Kier molecular flexibility index (Phi) is 3.82. The molecule has 0 saturated carbocycles. The molecule has 4 nitrogen and oxygen atoms in total. The minimum absolute atomic E-state index is 0.184. The second-order valence-electron chi connectivity index (χ2n) is 4.48. The first-order valence-electron chi connectivity index (χ1n) is 6.31. The van der Waals surface area contributed by atoms with E-state index in [4.69, 9.17) is 21.1 Å². The van der Waals surface area contributed by atoms with Gasteiger partial charge in [-0.3, -0.25) is 4.98 Å². The summed E-state index contributed by atoms with van der Waals surface area (Å²) in [5, 5.41) is 5.06. The normalized spacial score (nSPS) is 19.5. The maximum absolute atomic E-state index is 6.17. The van der Waals surface area contributed by atoms with Crippen LogP contribution in [0.25, 0.3) is 10.9 Å². The molecule has 1 aromatic heterocycles. The first-order chi connectivity index (χ1) is 9.34. The largest absolute Gasteiger partial charge is 0.381 e. The zero-order valence-corrected chi connectivity index (χ0v) is 11.2. The summed E-state index contributed by atoms with van der Waals surface area (Å²) in [6.07, 6.45) is 2.86. The highest BCUT2D eigenvalue weighted by Gasteiger charge is 2.14. The van der Waals surface area contributed by atoms with Crippen molar-refractivity contribution in [1.29, 1.82) is 0 Å². The van der Waals surface area contributed by atoms with Crippen molar-refractivity contribution in [3.63, 3.8) is 0 Å². The van der Waals surface area contributed by atoms with E-state index >= 15 is 0 Å². The molecule has 1 aliphatic rings. The van der Waals surface area contributed by atoms with Gasteiger partial charge < -0.3 is 14.8 Å². The molecule has 1 atom stereocenters. The first-order valence-corrected chi connectivity index (χ1v) is 6.69. The van der Waals surface area contributed by atoms with Crippen molar-refractivity contribution in [1.82, 2.24) is 4.98 Å².